The maximum Gasteiger partial charge on any atom is 0.416 e. The van der Waals surface area contributed by atoms with E-state index in [0.717, 1.165) is 42.5 Å². The fourth-order valence-corrected chi connectivity index (χ4v) is 2.31. The average Bonchev–Trinajstić information content (AvgIpc) is 2.59. The Balaban J connectivity index is 1.92. The molecule has 27 heavy (non-hydrogen) atoms. The van der Waals surface area contributed by atoms with Crippen molar-refractivity contribution in [1.82, 2.24) is 5.32 Å². The lowest BCUT2D eigenvalue weighted by Crippen LogP contribution is -2.29. The molecule has 9 heteroatoms. The number of hydrogen-bond acceptors (Lipinski definition) is 2. The van der Waals surface area contributed by atoms with Gasteiger partial charge >= 0.3 is 12.4 Å². The number of rotatable bonds is 5. The number of carbonyl (C=O) groups excluding carboxylic acids is 1. The first-order chi connectivity index (χ1) is 12.5. The molecule has 2 aromatic carbocycles. The van der Waals surface area contributed by atoms with Crippen molar-refractivity contribution in [3.8, 4) is 0 Å². The number of carbonyl (C=O) groups is 1. The number of amides is 1. The summed E-state index contributed by atoms with van der Waals surface area (Å²) in [7, 11) is 0. The zero-order valence-electron chi connectivity index (χ0n) is 13.7. The van der Waals surface area contributed by atoms with Gasteiger partial charge in [-0.3, -0.25) is 4.79 Å². The van der Waals surface area contributed by atoms with Crippen LogP contribution in [0.3, 0.4) is 0 Å². The number of aliphatic hydroxyl groups is 1. The van der Waals surface area contributed by atoms with Crippen LogP contribution in [-0.4, -0.2) is 17.6 Å². The number of nitrogens with one attached hydrogen (secondary N) is 1. The third-order valence-corrected chi connectivity index (χ3v) is 3.74. The summed E-state index contributed by atoms with van der Waals surface area (Å²) < 4.78 is 75.4. The van der Waals surface area contributed by atoms with Crippen molar-refractivity contribution in [2.24, 2.45) is 0 Å². The molecule has 0 radical (unpaired) electrons. The molecule has 2 aromatic rings. The van der Waals surface area contributed by atoms with Crippen molar-refractivity contribution in [3.63, 3.8) is 0 Å². The Bertz CT molecular complexity index is 784. The lowest BCUT2D eigenvalue weighted by molar-refractivity contribution is -0.138. The fraction of sp³-hybridized carbons (Fsp3) is 0.278. The van der Waals surface area contributed by atoms with Gasteiger partial charge in [0.15, 0.2) is 0 Å². The van der Waals surface area contributed by atoms with Crippen LogP contribution in [0.5, 0.6) is 0 Å². The highest BCUT2D eigenvalue weighted by Gasteiger charge is 2.31. The van der Waals surface area contributed by atoms with Crippen LogP contribution < -0.4 is 5.32 Å². The molecule has 0 saturated carbocycles. The Morgan fingerprint density at radius 2 is 1.52 bits per heavy atom. The maximum atomic E-state index is 12.7. The largest absolute Gasteiger partial charge is 0.416 e. The molecule has 0 aromatic heterocycles. The lowest BCUT2D eigenvalue weighted by atomic mass is 10.1. The van der Waals surface area contributed by atoms with Crippen LogP contribution in [0.1, 0.15) is 28.4 Å². The van der Waals surface area contributed by atoms with Crippen LogP contribution in [0.25, 0.3) is 0 Å². The number of halogens is 6. The van der Waals surface area contributed by atoms with E-state index in [1.807, 2.05) is 0 Å². The number of aliphatic hydroxyl groups excluding tert-OH is 1. The van der Waals surface area contributed by atoms with Crippen molar-refractivity contribution in [2.45, 2.75) is 24.9 Å². The molecule has 1 unspecified atom stereocenters. The van der Waals surface area contributed by atoms with Crippen LogP contribution in [0, 0.1) is 0 Å². The molecule has 1 atom stereocenters. The van der Waals surface area contributed by atoms with Crippen molar-refractivity contribution in [1.29, 1.82) is 0 Å². The first kappa shape index (κ1) is 20.8. The summed E-state index contributed by atoms with van der Waals surface area (Å²) in [6.45, 7) is -0.333. The first-order valence-electron chi connectivity index (χ1n) is 7.75. The van der Waals surface area contributed by atoms with Crippen LogP contribution in [0.2, 0.25) is 0 Å². The predicted molar refractivity (Wildman–Crippen MR) is 84.6 cm³/mol. The molecule has 0 aliphatic carbocycles. The van der Waals surface area contributed by atoms with Crippen LogP contribution in [0.4, 0.5) is 26.3 Å². The van der Waals surface area contributed by atoms with Crippen molar-refractivity contribution < 1.29 is 36.2 Å². The van der Waals surface area contributed by atoms with Gasteiger partial charge in [0.2, 0.25) is 5.91 Å². The van der Waals surface area contributed by atoms with Gasteiger partial charge in [0.25, 0.3) is 0 Å². The standard InChI is InChI=1S/C18H15F6NO2/c19-17(20,21)13-6-4-11(5-7-13)8-16(27)25-10-15(26)12-2-1-3-14(9-12)18(22,23)24/h1-7,9,15,26H,8,10H2,(H,25,27). The van der Waals surface area contributed by atoms with Crippen LogP contribution in [-0.2, 0) is 23.6 Å². The zero-order valence-corrected chi connectivity index (χ0v) is 13.7. The van der Waals surface area contributed by atoms with Gasteiger partial charge in [-0.2, -0.15) is 26.3 Å². The summed E-state index contributed by atoms with van der Waals surface area (Å²) in [5.41, 5.74) is -1.45. The summed E-state index contributed by atoms with van der Waals surface area (Å²) >= 11 is 0. The van der Waals surface area contributed by atoms with Gasteiger partial charge in [-0.05, 0) is 35.4 Å². The van der Waals surface area contributed by atoms with E-state index in [4.69, 9.17) is 0 Å². The maximum absolute atomic E-state index is 12.7. The Kier molecular flexibility index (Phi) is 6.15. The summed E-state index contributed by atoms with van der Waals surface area (Å²) in [5, 5.41) is 12.3. The quantitative estimate of drug-likeness (QED) is 0.754. The SMILES string of the molecule is O=C(Cc1ccc(C(F)(F)F)cc1)NCC(O)c1cccc(C(F)(F)F)c1. The van der Waals surface area contributed by atoms with E-state index in [-0.39, 0.29) is 18.5 Å². The summed E-state index contributed by atoms with van der Waals surface area (Å²) in [5.74, 6) is -0.583. The van der Waals surface area contributed by atoms with E-state index in [1.54, 1.807) is 0 Å². The fourth-order valence-electron chi connectivity index (χ4n) is 2.31. The van der Waals surface area contributed by atoms with E-state index in [2.05, 4.69) is 5.32 Å². The molecule has 0 fully saturated rings. The lowest BCUT2D eigenvalue weighted by Gasteiger charge is -2.14. The minimum absolute atomic E-state index is 0.0142. The molecule has 0 saturated heterocycles. The summed E-state index contributed by atoms with van der Waals surface area (Å²) in [6.07, 6.45) is -10.6. The monoisotopic (exact) mass is 391 g/mol. The third kappa shape index (κ3) is 5.99. The van der Waals surface area contributed by atoms with Gasteiger partial charge in [0.1, 0.15) is 0 Å². The highest BCUT2D eigenvalue weighted by atomic mass is 19.4. The Labute approximate surface area is 150 Å². The molecule has 3 nitrogen and oxygen atoms in total. The van der Waals surface area contributed by atoms with Gasteiger partial charge in [0, 0.05) is 6.54 Å². The minimum Gasteiger partial charge on any atom is -0.387 e. The van der Waals surface area contributed by atoms with Crippen molar-refractivity contribution >= 4 is 5.91 Å². The Hall–Kier alpha value is -2.55. The molecule has 0 aliphatic rings. The molecule has 1 amide bonds. The minimum atomic E-state index is -4.55. The van der Waals surface area contributed by atoms with Crippen LogP contribution in [0.15, 0.2) is 48.5 Å². The summed E-state index contributed by atoms with van der Waals surface area (Å²) in [6, 6.07) is 8.09. The second-order valence-electron chi connectivity index (χ2n) is 5.81. The van der Waals surface area contributed by atoms with Crippen molar-refractivity contribution in [3.05, 3.63) is 70.8 Å². The molecule has 0 spiro atoms. The van der Waals surface area contributed by atoms with Gasteiger partial charge in [-0.15, -0.1) is 0 Å². The van der Waals surface area contributed by atoms with E-state index >= 15 is 0 Å². The smallest absolute Gasteiger partial charge is 0.387 e. The number of hydrogen-bond donors (Lipinski definition) is 2. The highest BCUT2D eigenvalue weighted by Crippen LogP contribution is 2.31. The molecule has 0 bridgehead atoms. The van der Waals surface area contributed by atoms with Gasteiger partial charge in [0.05, 0.1) is 23.7 Å². The highest BCUT2D eigenvalue weighted by molar-refractivity contribution is 5.78. The Morgan fingerprint density at radius 3 is 2.07 bits per heavy atom. The summed E-state index contributed by atoms with van der Waals surface area (Å²) in [4.78, 5) is 11.8. The molecule has 0 aliphatic heterocycles. The van der Waals surface area contributed by atoms with E-state index in [1.165, 1.54) is 6.07 Å². The second kappa shape index (κ2) is 7.99. The van der Waals surface area contributed by atoms with Crippen molar-refractivity contribution in [2.75, 3.05) is 6.54 Å². The molecular formula is C18H15F6NO2. The number of alkyl halides is 6. The number of benzene rings is 2. The van der Waals surface area contributed by atoms with Gasteiger partial charge in [-0.25, -0.2) is 0 Å². The van der Waals surface area contributed by atoms with Gasteiger partial charge in [-0.1, -0.05) is 24.3 Å². The molecule has 2 N–H and O–H groups in total. The second-order valence-corrected chi connectivity index (χ2v) is 5.81. The normalized spacial score (nSPS) is 13.3. The predicted octanol–water partition coefficient (Wildman–Crippen LogP) is 4.12. The third-order valence-electron chi connectivity index (χ3n) is 3.74. The molecular weight excluding hydrogens is 376 g/mol. The zero-order chi connectivity index (χ0) is 20.2. The van der Waals surface area contributed by atoms with E-state index in [0.29, 0.717) is 5.56 Å². The van der Waals surface area contributed by atoms with Crippen LogP contribution >= 0.6 is 0 Å². The molecule has 2 rings (SSSR count). The van der Waals surface area contributed by atoms with E-state index in [9.17, 15) is 36.2 Å². The molecule has 146 valence electrons. The Morgan fingerprint density at radius 1 is 0.926 bits per heavy atom. The topological polar surface area (TPSA) is 49.3 Å². The molecule has 0 heterocycles. The van der Waals surface area contributed by atoms with E-state index < -0.39 is 35.5 Å². The average molecular weight is 391 g/mol. The first-order valence-corrected chi connectivity index (χ1v) is 7.75. The van der Waals surface area contributed by atoms with Gasteiger partial charge < -0.3 is 10.4 Å².